The average molecular weight is 321 g/mol. The van der Waals surface area contributed by atoms with E-state index in [2.05, 4.69) is 34.4 Å². The Morgan fingerprint density at radius 3 is 2.90 bits per heavy atom. The number of rotatable bonds is 5. The van der Waals surface area contributed by atoms with Crippen LogP contribution in [-0.4, -0.2) is 22.5 Å². The highest BCUT2D eigenvalue weighted by molar-refractivity contribution is 7.07. The molecule has 1 atom stereocenters. The zero-order valence-electron chi connectivity index (χ0n) is 12.0. The number of hydrogen-bond acceptors (Lipinski definition) is 3. The van der Waals surface area contributed by atoms with E-state index in [0.717, 1.165) is 29.0 Å². The van der Waals surface area contributed by atoms with Crippen LogP contribution in [0, 0.1) is 0 Å². The van der Waals surface area contributed by atoms with Gasteiger partial charge in [-0.3, -0.25) is 0 Å². The van der Waals surface area contributed by atoms with E-state index >= 15 is 0 Å². The standard InChI is InChI=1S/C16H17ClN2OS/c1-11(12-6-8-21-10-12)19-15-4-3-13(20-2)9-14(15)18-16(19)5-7-17/h3-4,6,8-11H,5,7H2,1-2H3. The number of thiophene rings is 1. The summed E-state index contributed by atoms with van der Waals surface area (Å²) in [6, 6.07) is 8.43. The average Bonchev–Trinajstić information content (AvgIpc) is 3.13. The lowest BCUT2D eigenvalue weighted by molar-refractivity contribution is 0.415. The number of fused-ring (bicyclic) bond motifs is 1. The van der Waals surface area contributed by atoms with Gasteiger partial charge >= 0.3 is 0 Å². The van der Waals surface area contributed by atoms with Gasteiger partial charge in [-0.1, -0.05) is 0 Å². The lowest BCUT2D eigenvalue weighted by Gasteiger charge is -2.16. The molecule has 21 heavy (non-hydrogen) atoms. The first-order valence-electron chi connectivity index (χ1n) is 6.87. The van der Waals surface area contributed by atoms with Gasteiger partial charge in [-0.25, -0.2) is 4.98 Å². The number of aromatic nitrogens is 2. The molecule has 0 aliphatic heterocycles. The molecule has 1 aromatic carbocycles. The third-order valence-corrected chi connectivity index (χ3v) is 4.59. The van der Waals surface area contributed by atoms with Gasteiger partial charge in [0.1, 0.15) is 11.6 Å². The predicted octanol–water partition coefficient (Wildman–Crippen LogP) is 4.50. The minimum absolute atomic E-state index is 0.243. The highest BCUT2D eigenvalue weighted by Gasteiger charge is 2.17. The summed E-state index contributed by atoms with van der Waals surface area (Å²) in [5, 5.41) is 4.29. The maximum atomic E-state index is 5.95. The SMILES string of the molecule is COc1ccc2c(c1)nc(CCCl)n2C(C)c1ccsc1. The number of aryl methyl sites for hydroxylation is 1. The largest absolute Gasteiger partial charge is 0.497 e. The van der Waals surface area contributed by atoms with Gasteiger partial charge < -0.3 is 9.30 Å². The van der Waals surface area contributed by atoms with E-state index in [1.54, 1.807) is 18.4 Å². The summed E-state index contributed by atoms with van der Waals surface area (Å²) >= 11 is 7.66. The Kier molecular flexibility index (Phi) is 4.17. The molecule has 3 nitrogen and oxygen atoms in total. The van der Waals surface area contributed by atoms with Crippen LogP contribution >= 0.6 is 22.9 Å². The highest BCUT2D eigenvalue weighted by Crippen LogP contribution is 2.29. The van der Waals surface area contributed by atoms with Crippen molar-refractivity contribution in [3.8, 4) is 5.75 Å². The first-order chi connectivity index (χ1) is 10.2. The molecule has 0 aliphatic rings. The number of ether oxygens (including phenoxy) is 1. The maximum Gasteiger partial charge on any atom is 0.121 e. The first kappa shape index (κ1) is 14.4. The fourth-order valence-electron chi connectivity index (χ4n) is 2.61. The second-order valence-electron chi connectivity index (χ2n) is 4.92. The zero-order valence-corrected chi connectivity index (χ0v) is 13.6. The van der Waals surface area contributed by atoms with Crippen molar-refractivity contribution in [3.63, 3.8) is 0 Å². The van der Waals surface area contributed by atoms with Gasteiger partial charge in [0.2, 0.25) is 0 Å². The molecular weight excluding hydrogens is 304 g/mol. The van der Waals surface area contributed by atoms with Crippen LogP contribution in [0.5, 0.6) is 5.75 Å². The molecule has 0 aliphatic carbocycles. The Morgan fingerprint density at radius 1 is 1.38 bits per heavy atom. The van der Waals surface area contributed by atoms with Crippen LogP contribution in [0.4, 0.5) is 0 Å². The van der Waals surface area contributed by atoms with Gasteiger partial charge in [-0.15, -0.1) is 11.6 Å². The third kappa shape index (κ3) is 2.65. The predicted molar refractivity (Wildman–Crippen MR) is 88.8 cm³/mol. The molecule has 110 valence electrons. The lowest BCUT2D eigenvalue weighted by Crippen LogP contribution is -2.10. The van der Waals surface area contributed by atoms with E-state index in [0.29, 0.717) is 5.88 Å². The van der Waals surface area contributed by atoms with E-state index in [4.69, 9.17) is 21.3 Å². The Bertz CT molecular complexity index is 736. The summed E-state index contributed by atoms with van der Waals surface area (Å²) in [6.45, 7) is 2.20. The molecule has 0 fully saturated rings. The molecule has 3 aromatic rings. The van der Waals surface area contributed by atoms with Crippen molar-refractivity contribution >= 4 is 34.0 Å². The second kappa shape index (κ2) is 6.08. The van der Waals surface area contributed by atoms with Crippen LogP contribution in [0.1, 0.15) is 24.4 Å². The summed E-state index contributed by atoms with van der Waals surface area (Å²) in [5.41, 5.74) is 3.37. The molecule has 0 N–H and O–H groups in total. The minimum Gasteiger partial charge on any atom is -0.497 e. The van der Waals surface area contributed by atoms with Crippen LogP contribution in [0.25, 0.3) is 11.0 Å². The number of hydrogen-bond donors (Lipinski definition) is 0. The Hall–Kier alpha value is -1.52. The maximum absolute atomic E-state index is 5.95. The van der Waals surface area contributed by atoms with Gasteiger partial charge in [0.25, 0.3) is 0 Å². The number of benzene rings is 1. The van der Waals surface area contributed by atoms with Crippen LogP contribution in [0.15, 0.2) is 35.0 Å². The summed E-state index contributed by atoms with van der Waals surface area (Å²) in [7, 11) is 1.67. The fraction of sp³-hybridized carbons (Fsp3) is 0.312. The monoisotopic (exact) mass is 320 g/mol. The van der Waals surface area contributed by atoms with Crippen LogP contribution in [0.2, 0.25) is 0 Å². The van der Waals surface area contributed by atoms with Gasteiger partial charge in [0.05, 0.1) is 24.2 Å². The third-order valence-electron chi connectivity index (χ3n) is 3.70. The molecule has 0 saturated carbocycles. The summed E-state index contributed by atoms with van der Waals surface area (Å²) in [6.07, 6.45) is 0.757. The normalized spacial score (nSPS) is 12.7. The number of methoxy groups -OCH3 is 1. The van der Waals surface area contributed by atoms with Crippen molar-refractivity contribution in [2.24, 2.45) is 0 Å². The lowest BCUT2D eigenvalue weighted by atomic mass is 10.1. The van der Waals surface area contributed by atoms with Gasteiger partial charge in [-0.2, -0.15) is 11.3 Å². The quantitative estimate of drug-likeness (QED) is 0.647. The van der Waals surface area contributed by atoms with E-state index < -0.39 is 0 Å². The van der Waals surface area contributed by atoms with Crippen LogP contribution in [-0.2, 0) is 6.42 Å². The van der Waals surface area contributed by atoms with Crippen molar-refractivity contribution in [2.75, 3.05) is 13.0 Å². The van der Waals surface area contributed by atoms with Crippen molar-refractivity contribution in [1.29, 1.82) is 0 Å². The minimum atomic E-state index is 0.243. The zero-order chi connectivity index (χ0) is 14.8. The fourth-order valence-corrected chi connectivity index (χ4v) is 3.53. The van der Waals surface area contributed by atoms with E-state index in [1.807, 2.05) is 12.1 Å². The molecule has 0 spiro atoms. The smallest absolute Gasteiger partial charge is 0.121 e. The molecule has 0 saturated heterocycles. The van der Waals surface area contributed by atoms with Crippen molar-refractivity contribution in [3.05, 3.63) is 46.4 Å². The first-order valence-corrected chi connectivity index (χ1v) is 8.35. The molecule has 3 rings (SSSR count). The Balaban J connectivity index is 2.16. The Labute approximate surface area is 133 Å². The molecular formula is C16H17ClN2OS. The van der Waals surface area contributed by atoms with Gasteiger partial charge in [0, 0.05) is 18.4 Å². The van der Waals surface area contributed by atoms with Crippen LogP contribution in [0.3, 0.4) is 0 Å². The molecule has 0 amide bonds. The van der Waals surface area contributed by atoms with E-state index in [1.165, 1.54) is 5.56 Å². The molecule has 2 heterocycles. The van der Waals surface area contributed by atoms with E-state index in [-0.39, 0.29) is 6.04 Å². The molecule has 5 heteroatoms. The number of nitrogens with zero attached hydrogens (tertiary/aromatic N) is 2. The van der Waals surface area contributed by atoms with Gasteiger partial charge in [0.15, 0.2) is 0 Å². The number of halogens is 1. The van der Waals surface area contributed by atoms with Crippen molar-refractivity contribution in [1.82, 2.24) is 9.55 Å². The van der Waals surface area contributed by atoms with Gasteiger partial charge in [-0.05, 0) is 41.4 Å². The number of imidazole rings is 1. The molecule has 0 radical (unpaired) electrons. The Morgan fingerprint density at radius 2 is 2.24 bits per heavy atom. The number of alkyl halides is 1. The van der Waals surface area contributed by atoms with E-state index in [9.17, 15) is 0 Å². The molecule has 0 bridgehead atoms. The molecule has 1 unspecified atom stereocenters. The molecule has 2 aromatic heterocycles. The topological polar surface area (TPSA) is 27.1 Å². The highest BCUT2D eigenvalue weighted by atomic mass is 35.5. The van der Waals surface area contributed by atoms with Crippen molar-refractivity contribution in [2.45, 2.75) is 19.4 Å². The van der Waals surface area contributed by atoms with Crippen molar-refractivity contribution < 1.29 is 4.74 Å². The summed E-state index contributed by atoms with van der Waals surface area (Å²) in [4.78, 5) is 4.74. The summed E-state index contributed by atoms with van der Waals surface area (Å²) in [5.74, 6) is 2.41. The van der Waals surface area contributed by atoms with Crippen LogP contribution < -0.4 is 4.74 Å². The second-order valence-corrected chi connectivity index (χ2v) is 6.08. The summed E-state index contributed by atoms with van der Waals surface area (Å²) < 4.78 is 7.57.